The second-order valence-electron chi connectivity index (χ2n) is 5.78. The topological polar surface area (TPSA) is 39.7 Å². The molecule has 23 heavy (non-hydrogen) atoms. The first kappa shape index (κ1) is 20.5. The number of guanidine groups is 1. The molecule has 1 aromatic rings. The van der Waals surface area contributed by atoms with E-state index >= 15 is 0 Å². The van der Waals surface area contributed by atoms with E-state index in [1.54, 1.807) is 0 Å². The van der Waals surface area contributed by atoms with Crippen molar-refractivity contribution in [2.75, 3.05) is 26.7 Å². The van der Waals surface area contributed by atoms with Crippen molar-refractivity contribution in [2.24, 2.45) is 4.99 Å². The molecule has 1 saturated heterocycles. The Bertz CT molecular complexity index is 487. The summed E-state index contributed by atoms with van der Waals surface area (Å²) in [6.07, 6.45) is 3.58. The van der Waals surface area contributed by atoms with Crippen molar-refractivity contribution in [1.82, 2.24) is 15.5 Å². The Morgan fingerprint density at radius 1 is 1.30 bits per heavy atom. The maximum Gasteiger partial charge on any atom is 0.191 e. The second kappa shape index (κ2) is 11.1. The standard InChI is InChI=1S/C17H27ClN4.HI/c1-3-10-22-11-8-15(9-12-22)21-17(19-2)20-13-14-6-4-5-7-16(14)18;/h4-7,15H,3,8-13H2,1-2H3,(H2,19,20,21);1H. The average molecular weight is 451 g/mol. The maximum absolute atomic E-state index is 6.18. The van der Waals surface area contributed by atoms with Crippen LogP contribution in [-0.2, 0) is 6.54 Å². The monoisotopic (exact) mass is 450 g/mol. The Hall–Kier alpha value is -0.530. The van der Waals surface area contributed by atoms with Gasteiger partial charge in [0.15, 0.2) is 5.96 Å². The SMILES string of the molecule is CCCN1CCC(NC(=NC)NCc2ccccc2Cl)CC1.I. The first-order valence-electron chi connectivity index (χ1n) is 8.16. The van der Waals surface area contributed by atoms with Crippen LogP contribution >= 0.6 is 35.6 Å². The highest BCUT2D eigenvalue weighted by Gasteiger charge is 2.19. The van der Waals surface area contributed by atoms with Crippen LogP contribution < -0.4 is 10.6 Å². The van der Waals surface area contributed by atoms with Crippen LogP contribution in [-0.4, -0.2) is 43.6 Å². The van der Waals surface area contributed by atoms with E-state index in [1.165, 1.54) is 38.9 Å². The van der Waals surface area contributed by atoms with Crippen molar-refractivity contribution in [3.8, 4) is 0 Å². The Morgan fingerprint density at radius 3 is 2.61 bits per heavy atom. The highest BCUT2D eigenvalue weighted by molar-refractivity contribution is 14.0. The van der Waals surface area contributed by atoms with Gasteiger partial charge in [-0.25, -0.2) is 0 Å². The van der Waals surface area contributed by atoms with E-state index < -0.39 is 0 Å². The summed E-state index contributed by atoms with van der Waals surface area (Å²) >= 11 is 6.18. The Morgan fingerprint density at radius 2 is 2.00 bits per heavy atom. The summed E-state index contributed by atoms with van der Waals surface area (Å²) < 4.78 is 0. The van der Waals surface area contributed by atoms with E-state index in [1.807, 2.05) is 31.3 Å². The van der Waals surface area contributed by atoms with Gasteiger partial charge >= 0.3 is 0 Å². The third-order valence-corrected chi connectivity index (χ3v) is 4.46. The highest BCUT2D eigenvalue weighted by atomic mass is 127. The maximum atomic E-state index is 6.18. The molecule has 1 heterocycles. The molecule has 0 radical (unpaired) electrons. The van der Waals surface area contributed by atoms with Crippen LogP contribution in [0.2, 0.25) is 5.02 Å². The van der Waals surface area contributed by atoms with Crippen LogP contribution in [0.1, 0.15) is 31.7 Å². The van der Waals surface area contributed by atoms with E-state index in [-0.39, 0.29) is 24.0 Å². The van der Waals surface area contributed by atoms with Crippen molar-refractivity contribution in [1.29, 1.82) is 0 Å². The smallest absolute Gasteiger partial charge is 0.191 e. The van der Waals surface area contributed by atoms with Crippen LogP contribution in [0.3, 0.4) is 0 Å². The summed E-state index contributed by atoms with van der Waals surface area (Å²) in [7, 11) is 1.81. The number of rotatable bonds is 5. The van der Waals surface area contributed by atoms with Gasteiger partial charge in [-0.2, -0.15) is 0 Å². The molecule has 0 spiro atoms. The molecule has 0 aromatic heterocycles. The summed E-state index contributed by atoms with van der Waals surface area (Å²) in [5, 5.41) is 7.67. The summed E-state index contributed by atoms with van der Waals surface area (Å²) in [5.74, 6) is 0.855. The molecular formula is C17H28ClIN4. The summed E-state index contributed by atoms with van der Waals surface area (Å²) in [6.45, 7) is 6.49. The van der Waals surface area contributed by atoms with Crippen molar-refractivity contribution >= 4 is 41.5 Å². The fraction of sp³-hybridized carbons (Fsp3) is 0.588. The molecule has 130 valence electrons. The van der Waals surface area contributed by atoms with Gasteiger partial charge in [0.1, 0.15) is 0 Å². The minimum atomic E-state index is 0. The van der Waals surface area contributed by atoms with Gasteiger partial charge in [-0.05, 0) is 37.4 Å². The van der Waals surface area contributed by atoms with Gasteiger partial charge in [0.2, 0.25) is 0 Å². The fourth-order valence-electron chi connectivity index (χ4n) is 2.83. The molecular weight excluding hydrogens is 423 g/mol. The first-order valence-corrected chi connectivity index (χ1v) is 8.53. The summed E-state index contributed by atoms with van der Waals surface area (Å²) in [6, 6.07) is 8.40. The van der Waals surface area contributed by atoms with Gasteiger partial charge in [-0.1, -0.05) is 36.7 Å². The van der Waals surface area contributed by atoms with Gasteiger partial charge < -0.3 is 15.5 Å². The zero-order chi connectivity index (χ0) is 15.8. The van der Waals surface area contributed by atoms with E-state index in [0.717, 1.165) is 16.5 Å². The number of nitrogens with zero attached hydrogens (tertiary/aromatic N) is 2. The lowest BCUT2D eigenvalue weighted by atomic mass is 10.1. The minimum Gasteiger partial charge on any atom is -0.354 e. The molecule has 2 N–H and O–H groups in total. The quantitative estimate of drug-likeness (QED) is 0.410. The molecule has 2 rings (SSSR count). The van der Waals surface area contributed by atoms with Crippen molar-refractivity contribution in [2.45, 2.75) is 38.8 Å². The zero-order valence-electron chi connectivity index (χ0n) is 14.0. The molecule has 0 atom stereocenters. The van der Waals surface area contributed by atoms with Crippen LogP contribution in [0, 0.1) is 0 Å². The van der Waals surface area contributed by atoms with Gasteiger partial charge in [-0.3, -0.25) is 4.99 Å². The predicted molar refractivity (Wildman–Crippen MR) is 110 cm³/mol. The molecule has 0 unspecified atom stereocenters. The summed E-state index contributed by atoms with van der Waals surface area (Å²) in [4.78, 5) is 6.86. The number of piperidine rings is 1. The zero-order valence-corrected chi connectivity index (χ0v) is 17.1. The third kappa shape index (κ3) is 6.85. The number of halogens is 2. The number of nitrogens with one attached hydrogen (secondary N) is 2. The van der Waals surface area contributed by atoms with Crippen LogP contribution in [0.25, 0.3) is 0 Å². The molecule has 1 aliphatic heterocycles. The van der Waals surface area contributed by atoms with Crippen LogP contribution in [0.4, 0.5) is 0 Å². The first-order chi connectivity index (χ1) is 10.7. The molecule has 4 nitrogen and oxygen atoms in total. The second-order valence-corrected chi connectivity index (χ2v) is 6.18. The van der Waals surface area contributed by atoms with Crippen molar-refractivity contribution in [3.63, 3.8) is 0 Å². The summed E-state index contributed by atoms with van der Waals surface area (Å²) in [5.41, 5.74) is 1.09. The Kier molecular flexibility index (Phi) is 9.90. The number of hydrogen-bond donors (Lipinski definition) is 2. The Balaban J connectivity index is 0.00000264. The lowest BCUT2D eigenvalue weighted by Gasteiger charge is -2.32. The largest absolute Gasteiger partial charge is 0.354 e. The van der Waals surface area contributed by atoms with Gasteiger partial charge in [0, 0.05) is 37.7 Å². The highest BCUT2D eigenvalue weighted by Crippen LogP contribution is 2.14. The Labute approximate surface area is 162 Å². The number of likely N-dealkylation sites (tertiary alicyclic amines) is 1. The fourth-order valence-corrected chi connectivity index (χ4v) is 3.03. The minimum absolute atomic E-state index is 0. The third-order valence-electron chi connectivity index (χ3n) is 4.10. The average Bonchev–Trinajstić information content (AvgIpc) is 2.54. The molecule has 1 aliphatic rings. The lowest BCUT2D eigenvalue weighted by Crippen LogP contribution is -2.48. The van der Waals surface area contributed by atoms with E-state index in [0.29, 0.717) is 12.6 Å². The van der Waals surface area contributed by atoms with E-state index in [4.69, 9.17) is 11.6 Å². The molecule has 0 saturated carbocycles. The molecule has 1 aromatic carbocycles. The van der Waals surface area contributed by atoms with E-state index in [9.17, 15) is 0 Å². The van der Waals surface area contributed by atoms with E-state index in [2.05, 4.69) is 27.4 Å². The normalized spacial score (nSPS) is 16.7. The number of benzene rings is 1. The number of aliphatic imine (C=N–C) groups is 1. The van der Waals surface area contributed by atoms with Crippen LogP contribution in [0.15, 0.2) is 29.3 Å². The predicted octanol–water partition coefficient (Wildman–Crippen LogP) is 3.50. The van der Waals surface area contributed by atoms with Gasteiger partial charge in [-0.15, -0.1) is 24.0 Å². The van der Waals surface area contributed by atoms with Crippen molar-refractivity contribution < 1.29 is 0 Å². The molecule has 0 bridgehead atoms. The lowest BCUT2D eigenvalue weighted by molar-refractivity contribution is 0.206. The molecule has 1 fully saturated rings. The molecule has 0 amide bonds. The van der Waals surface area contributed by atoms with Gasteiger partial charge in [0.05, 0.1) is 0 Å². The van der Waals surface area contributed by atoms with Gasteiger partial charge in [0.25, 0.3) is 0 Å². The molecule has 0 aliphatic carbocycles. The molecule has 6 heteroatoms. The van der Waals surface area contributed by atoms with Crippen molar-refractivity contribution in [3.05, 3.63) is 34.9 Å². The number of hydrogen-bond acceptors (Lipinski definition) is 2. The van der Waals surface area contributed by atoms with Crippen LogP contribution in [0.5, 0.6) is 0 Å².